The van der Waals surface area contributed by atoms with Gasteiger partial charge in [0.1, 0.15) is 11.6 Å². The smallest absolute Gasteiger partial charge is 0.408 e. The zero-order chi connectivity index (χ0) is 17.9. The van der Waals surface area contributed by atoms with E-state index in [1.807, 2.05) is 6.07 Å². The third-order valence-electron chi connectivity index (χ3n) is 3.07. The van der Waals surface area contributed by atoms with Crippen molar-refractivity contribution < 1.29 is 19.1 Å². The molecular weight excluding hydrogens is 334 g/mol. The lowest BCUT2D eigenvalue weighted by Crippen LogP contribution is -2.45. The summed E-state index contributed by atoms with van der Waals surface area (Å²) in [6.07, 6.45) is -1.72. The number of hydrogen-bond acceptors (Lipinski definition) is 5. The number of amides is 2. The highest BCUT2D eigenvalue weighted by molar-refractivity contribution is 6.32. The van der Waals surface area contributed by atoms with Crippen LogP contribution < -0.4 is 15.4 Å². The molecule has 7 nitrogen and oxygen atoms in total. The molecule has 2 amide bonds. The molecule has 0 aromatic heterocycles. The molecular formula is C16H18ClN3O4. The van der Waals surface area contributed by atoms with Crippen LogP contribution in [0.15, 0.2) is 18.2 Å². The van der Waals surface area contributed by atoms with Crippen LogP contribution in [0.25, 0.3) is 0 Å². The number of alkyl carbamates (subject to hydrolysis) is 1. The van der Waals surface area contributed by atoms with Crippen molar-refractivity contribution in [2.24, 2.45) is 0 Å². The molecule has 1 heterocycles. The summed E-state index contributed by atoms with van der Waals surface area (Å²) in [5.74, 6) is -0.0614. The zero-order valence-electron chi connectivity index (χ0n) is 13.6. The number of benzene rings is 1. The molecule has 2 atom stereocenters. The second kappa shape index (κ2) is 6.97. The number of carbonyl (C=O) groups excluding carboxylic acids is 2. The van der Waals surface area contributed by atoms with E-state index in [0.29, 0.717) is 16.5 Å². The molecule has 1 aromatic rings. The zero-order valence-corrected chi connectivity index (χ0v) is 14.3. The van der Waals surface area contributed by atoms with Gasteiger partial charge in [-0.3, -0.25) is 4.79 Å². The number of para-hydroxylation sites is 1. The highest BCUT2D eigenvalue weighted by Gasteiger charge is 2.32. The highest BCUT2D eigenvalue weighted by Crippen LogP contribution is 2.37. The number of fused-ring (bicyclic) bond motifs is 1. The highest BCUT2D eigenvalue weighted by atomic mass is 35.5. The van der Waals surface area contributed by atoms with E-state index in [1.165, 1.54) is 0 Å². The lowest BCUT2D eigenvalue weighted by Gasteiger charge is -2.28. The monoisotopic (exact) mass is 351 g/mol. The maximum absolute atomic E-state index is 12.1. The molecule has 0 radical (unpaired) electrons. The van der Waals surface area contributed by atoms with Gasteiger partial charge in [0.25, 0.3) is 5.91 Å². The Kier molecular flexibility index (Phi) is 5.20. The molecule has 0 saturated heterocycles. The molecule has 0 spiro atoms. The molecule has 1 aliphatic rings. The van der Waals surface area contributed by atoms with Crippen molar-refractivity contribution in [2.75, 3.05) is 5.32 Å². The second-order valence-corrected chi connectivity index (χ2v) is 6.68. The van der Waals surface area contributed by atoms with Crippen molar-refractivity contribution in [1.29, 1.82) is 5.26 Å². The molecule has 1 aromatic carbocycles. The van der Waals surface area contributed by atoms with Crippen LogP contribution in [-0.2, 0) is 9.53 Å². The van der Waals surface area contributed by atoms with E-state index in [9.17, 15) is 14.9 Å². The van der Waals surface area contributed by atoms with Crippen LogP contribution in [0.1, 0.15) is 27.2 Å². The van der Waals surface area contributed by atoms with Gasteiger partial charge in [0.2, 0.25) is 0 Å². The van der Waals surface area contributed by atoms with Gasteiger partial charge in [-0.25, -0.2) is 4.79 Å². The third-order valence-corrected chi connectivity index (χ3v) is 3.37. The summed E-state index contributed by atoms with van der Waals surface area (Å²) in [4.78, 5) is 23.9. The summed E-state index contributed by atoms with van der Waals surface area (Å²) >= 11 is 6.05. The number of ether oxygens (including phenoxy) is 2. The number of carbonyl (C=O) groups is 2. The number of anilines is 1. The lowest BCUT2D eigenvalue weighted by molar-refractivity contribution is -0.123. The normalized spacial score (nSPS) is 17.6. The van der Waals surface area contributed by atoms with Crippen molar-refractivity contribution in [3.05, 3.63) is 23.2 Å². The number of halogens is 1. The van der Waals surface area contributed by atoms with E-state index < -0.39 is 29.7 Å². The maximum Gasteiger partial charge on any atom is 0.408 e. The molecule has 24 heavy (non-hydrogen) atoms. The SMILES string of the molecule is CC(C)(C)OC(=O)N[C@H](C#N)C[C@@H]1Oc2c(Cl)cccc2NC1=O. The van der Waals surface area contributed by atoms with Crippen LogP contribution in [0, 0.1) is 11.3 Å². The van der Waals surface area contributed by atoms with Crippen LogP contribution in [0.5, 0.6) is 5.75 Å². The van der Waals surface area contributed by atoms with Gasteiger partial charge in [-0.1, -0.05) is 17.7 Å². The van der Waals surface area contributed by atoms with E-state index in [4.69, 9.17) is 21.1 Å². The van der Waals surface area contributed by atoms with Crippen LogP contribution in [0.2, 0.25) is 5.02 Å². The Morgan fingerprint density at radius 3 is 2.88 bits per heavy atom. The van der Waals surface area contributed by atoms with Gasteiger partial charge < -0.3 is 20.1 Å². The first-order valence-corrected chi connectivity index (χ1v) is 7.72. The Balaban J connectivity index is 2.04. The first-order chi connectivity index (χ1) is 11.2. The van der Waals surface area contributed by atoms with Crippen molar-refractivity contribution in [3.63, 3.8) is 0 Å². The second-order valence-electron chi connectivity index (χ2n) is 6.28. The summed E-state index contributed by atoms with van der Waals surface area (Å²) in [7, 11) is 0. The van der Waals surface area contributed by atoms with E-state index in [1.54, 1.807) is 39.0 Å². The minimum Gasteiger partial charge on any atom is -0.477 e. The Hall–Kier alpha value is -2.46. The summed E-state index contributed by atoms with van der Waals surface area (Å²) in [5, 5.41) is 14.6. The summed E-state index contributed by atoms with van der Waals surface area (Å²) in [6, 6.07) is 5.96. The number of rotatable bonds is 3. The summed E-state index contributed by atoms with van der Waals surface area (Å²) < 4.78 is 10.7. The largest absolute Gasteiger partial charge is 0.477 e. The molecule has 2 N–H and O–H groups in total. The average molecular weight is 352 g/mol. The van der Waals surface area contributed by atoms with Crippen molar-refractivity contribution in [2.45, 2.75) is 44.9 Å². The first-order valence-electron chi connectivity index (χ1n) is 7.35. The number of nitrogens with one attached hydrogen (secondary N) is 2. The number of nitrogens with zero attached hydrogens (tertiary/aromatic N) is 1. The molecule has 0 saturated carbocycles. The Morgan fingerprint density at radius 2 is 2.25 bits per heavy atom. The summed E-state index contributed by atoms with van der Waals surface area (Å²) in [5.41, 5.74) is -0.215. The fourth-order valence-corrected chi connectivity index (χ4v) is 2.32. The minimum absolute atomic E-state index is 0.0355. The number of nitriles is 1. The molecule has 0 fully saturated rings. The lowest BCUT2D eigenvalue weighted by atomic mass is 10.1. The summed E-state index contributed by atoms with van der Waals surface area (Å²) in [6.45, 7) is 5.14. The first kappa shape index (κ1) is 17.9. The van der Waals surface area contributed by atoms with Gasteiger partial charge in [-0.15, -0.1) is 0 Å². The van der Waals surface area contributed by atoms with Gasteiger partial charge in [0.15, 0.2) is 11.9 Å². The van der Waals surface area contributed by atoms with Crippen LogP contribution in [0.3, 0.4) is 0 Å². The van der Waals surface area contributed by atoms with Crippen LogP contribution in [0.4, 0.5) is 10.5 Å². The van der Waals surface area contributed by atoms with Crippen molar-refractivity contribution in [3.8, 4) is 11.8 Å². The molecule has 2 rings (SSSR count). The fourth-order valence-electron chi connectivity index (χ4n) is 2.10. The van der Waals surface area contributed by atoms with Crippen molar-refractivity contribution >= 4 is 29.3 Å². The number of hydrogen-bond donors (Lipinski definition) is 2. The minimum atomic E-state index is -0.947. The maximum atomic E-state index is 12.1. The molecule has 0 unspecified atom stereocenters. The predicted octanol–water partition coefficient (Wildman–Crippen LogP) is 2.85. The van der Waals surface area contributed by atoms with Gasteiger partial charge in [-0.2, -0.15) is 5.26 Å². The van der Waals surface area contributed by atoms with E-state index in [0.717, 1.165) is 0 Å². The Bertz CT molecular complexity index is 694. The standard InChI is InChI=1S/C16H18ClN3O4/c1-16(2,3)24-15(22)19-9(8-18)7-12-14(21)20-11-6-4-5-10(17)13(11)23-12/h4-6,9,12H,7H2,1-3H3,(H,19,22)(H,20,21)/t9-,12-/m0/s1. The molecule has 128 valence electrons. The van der Waals surface area contributed by atoms with Gasteiger partial charge in [0, 0.05) is 6.42 Å². The Morgan fingerprint density at radius 1 is 1.54 bits per heavy atom. The quantitative estimate of drug-likeness (QED) is 0.872. The van der Waals surface area contributed by atoms with Gasteiger partial charge in [-0.05, 0) is 32.9 Å². The van der Waals surface area contributed by atoms with Gasteiger partial charge in [0.05, 0.1) is 16.8 Å². The molecule has 1 aliphatic heterocycles. The molecule has 8 heteroatoms. The third kappa shape index (κ3) is 4.52. The molecule has 0 aliphatic carbocycles. The topological polar surface area (TPSA) is 100 Å². The molecule has 0 bridgehead atoms. The van der Waals surface area contributed by atoms with Crippen LogP contribution in [-0.4, -0.2) is 29.7 Å². The Labute approximate surface area is 144 Å². The van der Waals surface area contributed by atoms with E-state index in [2.05, 4.69) is 10.6 Å². The average Bonchev–Trinajstić information content (AvgIpc) is 2.46. The van der Waals surface area contributed by atoms with Crippen LogP contribution >= 0.6 is 11.6 Å². The van der Waals surface area contributed by atoms with E-state index >= 15 is 0 Å². The van der Waals surface area contributed by atoms with Gasteiger partial charge >= 0.3 is 6.09 Å². The fraction of sp³-hybridized carbons (Fsp3) is 0.438. The van der Waals surface area contributed by atoms with Crippen molar-refractivity contribution in [1.82, 2.24) is 5.32 Å². The predicted molar refractivity (Wildman–Crippen MR) is 87.9 cm³/mol. The van der Waals surface area contributed by atoms with E-state index in [-0.39, 0.29) is 6.42 Å².